The van der Waals surface area contributed by atoms with Crippen LogP contribution in [0, 0.1) is 11.3 Å². The Morgan fingerprint density at radius 3 is 2.50 bits per heavy atom. The van der Waals surface area contributed by atoms with Crippen molar-refractivity contribution in [3.05, 3.63) is 111 Å². The van der Waals surface area contributed by atoms with E-state index in [1.54, 1.807) is 44.4 Å². The number of pyridine rings is 1. The summed E-state index contributed by atoms with van der Waals surface area (Å²) in [5.41, 5.74) is 0.277. The van der Waals surface area contributed by atoms with Crippen molar-refractivity contribution in [3.63, 3.8) is 0 Å². The van der Waals surface area contributed by atoms with Crippen molar-refractivity contribution in [2.24, 2.45) is 0 Å². The van der Waals surface area contributed by atoms with E-state index < -0.39 is 29.4 Å². The zero-order chi connectivity index (χ0) is 30.9. The second-order valence-corrected chi connectivity index (χ2v) is 9.73. The van der Waals surface area contributed by atoms with Crippen LogP contribution in [0.5, 0.6) is 5.75 Å². The van der Waals surface area contributed by atoms with E-state index >= 15 is 0 Å². The summed E-state index contributed by atoms with van der Waals surface area (Å²) in [6, 6.07) is 14.1. The summed E-state index contributed by atoms with van der Waals surface area (Å²) in [5, 5.41) is 16.1. The maximum atomic E-state index is 13.6. The topological polar surface area (TPSA) is 117 Å². The average Bonchev–Trinajstić information content (AvgIpc) is 3.39. The number of esters is 1. The number of hydrogen-bond donors (Lipinski definition) is 1. The number of aryl methyl sites for hydroxylation is 2. The first-order valence-electron chi connectivity index (χ1n) is 13.1. The lowest BCUT2D eigenvalue weighted by atomic mass is 9.89. The molecule has 0 aliphatic carbocycles. The van der Waals surface area contributed by atoms with Gasteiger partial charge in [0, 0.05) is 29.9 Å². The number of carbonyl (C=O) groups is 1. The van der Waals surface area contributed by atoms with Crippen LogP contribution in [0.3, 0.4) is 0 Å². The number of fused-ring (bicyclic) bond motifs is 1. The van der Waals surface area contributed by atoms with E-state index in [1.807, 2.05) is 17.0 Å². The lowest BCUT2D eigenvalue weighted by molar-refractivity contribution is -0.696. The summed E-state index contributed by atoms with van der Waals surface area (Å²) in [4.78, 5) is 28.0. The molecule has 0 fully saturated rings. The number of anilines is 2. The maximum absolute atomic E-state index is 13.6. The fourth-order valence-corrected chi connectivity index (χ4v) is 5.22. The summed E-state index contributed by atoms with van der Waals surface area (Å²) in [7, 11) is 2.75. The first kappa shape index (κ1) is 32.0. The molecule has 14 heteroatoms. The molecule has 0 radical (unpaired) electrons. The summed E-state index contributed by atoms with van der Waals surface area (Å²) >= 11 is 0. The molecule has 0 unspecified atom stereocenters. The number of nitrogens with zero attached hydrogens (tertiary/aromatic N) is 5. The molecule has 3 heterocycles. The normalized spacial score (nSPS) is 14.4. The Hall–Kier alpha value is -4.90. The van der Waals surface area contributed by atoms with Crippen molar-refractivity contribution in [3.8, 4) is 11.8 Å². The minimum atomic E-state index is -4.62. The van der Waals surface area contributed by atoms with Crippen LogP contribution in [0.25, 0.3) is 0 Å². The van der Waals surface area contributed by atoms with E-state index in [0.29, 0.717) is 35.4 Å². The molecule has 228 valence electrons. The Kier molecular flexibility index (Phi) is 9.29. The van der Waals surface area contributed by atoms with Gasteiger partial charge in [0.05, 0.1) is 37.0 Å². The molecule has 0 amide bonds. The van der Waals surface area contributed by atoms with Gasteiger partial charge in [-0.1, -0.05) is 12.1 Å². The van der Waals surface area contributed by atoms with Gasteiger partial charge in [0.15, 0.2) is 18.9 Å². The summed E-state index contributed by atoms with van der Waals surface area (Å²) in [5.74, 6) is -0.108. The SMILES string of the molecule is COC(=O)C1=C(C)N(c2cccc(C(F)(F)F)c2)c2n[nH]c(=O)n2[C@@H]1c1ccc(C#N)cc1CC[n+]1ccc(OC)cc1.[Br-]. The Balaban J connectivity index is 0.00000442. The van der Waals surface area contributed by atoms with E-state index in [9.17, 15) is 28.0 Å². The van der Waals surface area contributed by atoms with Crippen LogP contribution in [0.1, 0.15) is 35.2 Å². The number of aromatic amines is 1. The number of nitriles is 1. The third-order valence-electron chi connectivity index (χ3n) is 7.28. The molecule has 1 N–H and O–H groups in total. The van der Waals surface area contributed by atoms with Gasteiger partial charge >= 0.3 is 17.8 Å². The van der Waals surface area contributed by atoms with Crippen molar-refractivity contribution in [1.29, 1.82) is 5.26 Å². The molecule has 0 spiro atoms. The molecular weight excluding hydrogens is 645 g/mol. The van der Waals surface area contributed by atoms with Gasteiger partial charge in [-0.05, 0) is 48.4 Å². The van der Waals surface area contributed by atoms with E-state index in [4.69, 9.17) is 9.47 Å². The number of allylic oxidation sites excluding steroid dienone is 1. The van der Waals surface area contributed by atoms with Crippen molar-refractivity contribution in [2.75, 3.05) is 19.1 Å². The Morgan fingerprint density at radius 2 is 1.86 bits per heavy atom. The predicted octanol–water partition coefficient (Wildman–Crippen LogP) is 1.19. The second kappa shape index (κ2) is 12.8. The lowest BCUT2D eigenvalue weighted by Gasteiger charge is -2.36. The quantitative estimate of drug-likeness (QED) is 0.232. The first-order chi connectivity index (χ1) is 20.6. The number of hydrogen-bond acceptors (Lipinski definition) is 7. The highest BCUT2D eigenvalue weighted by Gasteiger charge is 2.41. The summed E-state index contributed by atoms with van der Waals surface area (Å²) in [6.07, 6.45) is -0.543. The Bertz CT molecular complexity index is 1830. The fourth-order valence-electron chi connectivity index (χ4n) is 5.22. The number of methoxy groups -OCH3 is 2. The second-order valence-electron chi connectivity index (χ2n) is 9.73. The molecule has 1 aliphatic heterocycles. The van der Waals surface area contributed by atoms with Gasteiger partial charge in [0.2, 0.25) is 5.95 Å². The van der Waals surface area contributed by atoms with Crippen molar-refractivity contribution in [1.82, 2.24) is 14.8 Å². The number of halogens is 4. The van der Waals surface area contributed by atoms with Crippen LogP contribution in [0.4, 0.5) is 24.8 Å². The van der Waals surface area contributed by atoms with Crippen molar-refractivity contribution in [2.45, 2.75) is 32.1 Å². The molecule has 44 heavy (non-hydrogen) atoms. The molecule has 1 aliphatic rings. The number of ether oxygens (including phenoxy) is 2. The van der Waals surface area contributed by atoms with Crippen LogP contribution < -0.4 is 36.9 Å². The molecule has 0 bridgehead atoms. The fraction of sp³-hybridized carbons (Fsp3) is 0.233. The van der Waals surface area contributed by atoms with Crippen LogP contribution in [0.2, 0.25) is 0 Å². The smallest absolute Gasteiger partial charge is 0.416 e. The van der Waals surface area contributed by atoms with E-state index in [1.165, 1.54) is 28.7 Å². The van der Waals surface area contributed by atoms with Gasteiger partial charge in [0.1, 0.15) is 11.8 Å². The van der Waals surface area contributed by atoms with Crippen LogP contribution in [-0.4, -0.2) is 35.0 Å². The number of alkyl halides is 3. The molecule has 1 atom stereocenters. The zero-order valence-corrected chi connectivity index (χ0v) is 25.3. The van der Waals surface area contributed by atoms with E-state index in [2.05, 4.69) is 16.3 Å². The van der Waals surface area contributed by atoms with Gasteiger partial charge in [-0.3, -0.25) is 4.90 Å². The van der Waals surface area contributed by atoms with Crippen LogP contribution in [-0.2, 0) is 28.7 Å². The number of aromatic nitrogens is 4. The predicted molar refractivity (Wildman–Crippen MR) is 147 cm³/mol. The minimum Gasteiger partial charge on any atom is -1.00 e. The van der Waals surface area contributed by atoms with Gasteiger partial charge < -0.3 is 26.5 Å². The van der Waals surface area contributed by atoms with E-state index in [-0.39, 0.29) is 39.9 Å². The molecule has 0 saturated heterocycles. The van der Waals surface area contributed by atoms with Crippen molar-refractivity contribution >= 4 is 17.6 Å². The number of benzene rings is 2. The van der Waals surface area contributed by atoms with Crippen molar-refractivity contribution < 1.29 is 49.0 Å². The van der Waals surface area contributed by atoms with Gasteiger partial charge in [-0.2, -0.15) is 18.4 Å². The number of nitrogens with one attached hydrogen (secondary N) is 1. The summed E-state index contributed by atoms with van der Waals surface area (Å²) < 4.78 is 54.3. The largest absolute Gasteiger partial charge is 1.00 e. The molecule has 10 nitrogen and oxygen atoms in total. The average molecular weight is 671 g/mol. The highest BCUT2D eigenvalue weighted by Crippen LogP contribution is 2.43. The summed E-state index contributed by atoms with van der Waals surface area (Å²) in [6.45, 7) is 2.04. The highest BCUT2D eigenvalue weighted by molar-refractivity contribution is 5.93. The van der Waals surface area contributed by atoms with Gasteiger partial charge in [-0.15, -0.1) is 5.10 Å². The van der Waals surface area contributed by atoms with Gasteiger partial charge in [-0.25, -0.2) is 23.8 Å². The molecule has 5 rings (SSSR count). The molecule has 0 saturated carbocycles. The molecule has 2 aromatic heterocycles. The number of H-pyrrole nitrogens is 1. The first-order valence-corrected chi connectivity index (χ1v) is 13.1. The Labute approximate surface area is 260 Å². The minimum absolute atomic E-state index is 0. The van der Waals surface area contributed by atoms with E-state index in [0.717, 1.165) is 12.1 Å². The molecule has 2 aromatic carbocycles. The number of rotatable bonds is 7. The monoisotopic (exact) mass is 670 g/mol. The highest BCUT2D eigenvalue weighted by atomic mass is 79.9. The lowest BCUT2D eigenvalue weighted by Crippen LogP contribution is -3.00. The maximum Gasteiger partial charge on any atom is 0.416 e. The Morgan fingerprint density at radius 1 is 1.14 bits per heavy atom. The van der Waals surface area contributed by atoms with Gasteiger partial charge in [0.25, 0.3) is 0 Å². The standard InChI is InChI=1S/C30H25F3N6O4.BrH/c1-18-25(27(40)43-3)26(24-8-7-19(17-34)15-20(24)9-12-37-13-10-23(42-2)11-14-37)39-28(35-36-29(39)41)38(18)22-6-4-5-21(16-22)30(31,32)33;/h4-8,10-11,13-16,26H,9,12H2,1-3H3;1H/t26-;/m1./s1. The van der Waals surface area contributed by atoms with Crippen LogP contribution in [0.15, 0.2) is 83.1 Å². The molecule has 4 aromatic rings. The molecular formula is C30H26BrF3N6O4. The van der Waals surface area contributed by atoms with Crippen LogP contribution >= 0.6 is 0 Å². The third-order valence-corrected chi connectivity index (χ3v) is 7.28. The third kappa shape index (κ3) is 5.96. The number of carbonyl (C=O) groups excluding carboxylic acids is 1. The zero-order valence-electron chi connectivity index (χ0n) is 23.7.